The highest BCUT2D eigenvalue weighted by Gasteiger charge is 2.13. The third-order valence-corrected chi connectivity index (χ3v) is 2.61. The number of hydrogen-bond acceptors (Lipinski definition) is 1. The Hall–Kier alpha value is -1.29. The van der Waals surface area contributed by atoms with E-state index in [0.29, 0.717) is 18.0 Å². The Morgan fingerprint density at radius 2 is 1.89 bits per heavy atom. The molecule has 18 heavy (non-hydrogen) atoms. The normalized spacial score (nSPS) is 12.3. The molecule has 0 aliphatic carbocycles. The number of nitrogens with one attached hydrogen (secondary N) is 1. The van der Waals surface area contributed by atoms with Gasteiger partial charge in [-0.25, -0.2) is 13.2 Å². The second kappa shape index (κ2) is 6.59. The quantitative estimate of drug-likeness (QED) is 0.623. The van der Waals surface area contributed by atoms with E-state index in [0.717, 1.165) is 12.6 Å². The van der Waals surface area contributed by atoms with Crippen molar-refractivity contribution >= 4 is 5.57 Å². The molecule has 0 aromatic heterocycles. The first-order chi connectivity index (χ1) is 8.43. The number of benzene rings is 1. The summed E-state index contributed by atoms with van der Waals surface area (Å²) in [7, 11) is 0. The molecule has 0 aliphatic heterocycles. The zero-order chi connectivity index (χ0) is 13.7. The van der Waals surface area contributed by atoms with Gasteiger partial charge >= 0.3 is 0 Å². The highest BCUT2D eigenvalue weighted by molar-refractivity contribution is 5.64. The molecule has 1 aromatic carbocycles. The van der Waals surface area contributed by atoms with E-state index in [1.54, 1.807) is 6.92 Å². The molecule has 0 bridgehead atoms. The molecule has 1 rings (SSSR count). The minimum atomic E-state index is -1.42. The van der Waals surface area contributed by atoms with E-state index in [2.05, 4.69) is 5.32 Å². The topological polar surface area (TPSA) is 12.0 Å². The lowest BCUT2D eigenvalue weighted by atomic mass is 10.1. The van der Waals surface area contributed by atoms with E-state index < -0.39 is 17.5 Å². The molecule has 1 nitrogen and oxygen atoms in total. The van der Waals surface area contributed by atoms with Gasteiger partial charge in [0.2, 0.25) is 0 Å². The van der Waals surface area contributed by atoms with Gasteiger partial charge in [-0.3, -0.25) is 0 Å². The lowest BCUT2D eigenvalue weighted by Gasteiger charge is -2.07. The van der Waals surface area contributed by atoms with Crippen molar-refractivity contribution in [3.8, 4) is 0 Å². The molecule has 0 amide bonds. The van der Waals surface area contributed by atoms with Crippen LogP contribution in [0.25, 0.3) is 5.57 Å². The third-order valence-electron chi connectivity index (χ3n) is 2.61. The van der Waals surface area contributed by atoms with Crippen LogP contribution in [0.15, 0.2) is 18.2 Å². The lowest BCUT2D eigenvalue weighted by Crippen LogP contribution is -2.23. The van der Waals surface area contributed by atoms with Crippen molar-refractivity contribution in [2.75, 3.05) is 6.54 Å². The van der Waals surface area contributed by atoms with Gasteiger partial charge in [-0.05, 0) is 37.6 Å². The molecule has 0 radical (unpaired) electrons. The summed E-state index contributed by atoms with van der Waals surface area (Å²) in [6, 6.07) is 2.59. The van der Waals surface area contributed by atoms with Gasteiger partial charge in [-0.1, -0.05) is 19.9 Å². The monoisotopic (exact) mass is 257 g/mol. The molecule has 0 aliphatic rings. The Kier molecular flexibility index (Phi) is 5.41. The summed E-state index contributed by atoms with van der Waals surface area (Å²) < 4.78 is 39.3. The van der Waals surface area contributed by atoms with Crippen LogP contribution in [0.1, 0.15) is 32.8 Å². The van der Waals surface area contributed by atoms with Gasteiger partial charge in [-0.15, -0.1) is 0 Å². The standard InChI is InChI=1S/C14H18F3N/c1-9(2)18-8-4-5-10(3)11-6-7-12(15)14(17)13(11)16/h5-7,9,18H,4,8H2,1-3H3. The Morgan fingerprint density at radius 3 is 2.50 bits per heavy atom. The van der Waals surface area contributed by atoms with E-state index >= 15 is 0 Å². The van der Waals surface area contributed by atoms with Crippen LogP contribution in [0.3, 0.4) is 0 Å². The highest BCUT2D eigenvalue weighted by atomic mass is 19.2. The van der Waals surface area contributed by atoms with Crippen LogP contribution in [0.5, 0.6) is 0 Å². The number of allylic oxidation sites excluding steroid dienone is 1. The molecule has 0 atom stereocenters. The van der Waals surface area contributed by atoms with Crippen molar-refractivity contribution in [3.63, 3.8) is 0 Å². The van der Waals surface area contributed by atoms with E-state index in [4.69, 9.17) is 0 Å². The van der Waals surface area contributed by atoms with Crippen LogP contribution in [0.4, 0.5) is 13.2 Å². The average molecular weight is 257 g/mol. The van der Waals surface area contributed by atoms with Crippen LogP contribution in [0.2, 0.25) is 0 Å². The Labute approximate surface area is 106 Å². The molecule has 0 saturated heterocycles. The van der Waals surface area contributed by atoms with Crippen molar-refractivity contribution < 1.29 is 13.2 Å². The number of hydrogen-bond donors (Lipinski definition) is 1. The predicted octanol–water partition coefficient (Wildman–Crippen LogP) is 3.90. The Morgan fingerprint density at radius 1 is 1.22 bits per heavy atom. The van der Waals surface area contributed by atoms with Gasteiger partial charge in [0.05, 0.1) is 0 Å². The van der Waals surface area contributed by atoms with E-state index in [9.17, 15) is 13.2 Å². The summed E-state index contributed by atoms with van der Waals surface area (Å²) in [5, 5.41) is 3.22. The summed E-state index contributed by atoms with van der Waals surface area (Å²) in [5.74, 6) is -3.70. The second-order valence-electron chi connectivity index (χ2n) is 4.51. The van der Waals surface area contributed by atoms with Crippen LogP contribution in [-0.2, 0) is 0 Å². The van der Waals surface area contributed by atoms with Crippen LogP contribution >= 0.6 is 0 Å². The van der Waals surface area contributed by atoms with E-state index in [1.165, 1.54) is 6.07 Å². The number of halogens is 3. The SMILES string of the molecule is CC(=CCCNC(C)C)c1ccc(F)c(F)c1F. The molecule has 0 spiro atoms. The third kappa shape index (κ3) is 3.88. The van der Waals surface area contributed by atoms with Crippen molar-refractivity contribution in [2.24, 2.45) is 0 Å². The Balaban J connectivity index is 2.75. The molecule has 0 heterocycles. The summed E-state index contributed by atoms with van der Waals surface area (Å²) in [4.78, 5) is 0. The summed E-state index contributed by atoms with van der Waals surface area (Å²) in [6.07, 6.45) is 2.52. The first kappa shape index (κ1) is 14.8. The van der Waals surface area contributed by atoms with Gasteiger partial charge < -0.3 is 5.32 Å². The maximum Gasteiger partial charge on any atom is 0.195 e. The van der Waals surface area contributed by atoms with Gasteiger partial charge in [0.15, 0.2) is 17.5 Å². The molecule has 1 aromatic rings. The molecule has 4 heteroatoms. The first-order valence-electron chi connectivity index (χ1n) is 5.97. The van der Waals surface area contributed by atoms with E-state index in [-0.39, 0.29) is 5.56 Å². The minimum Gasteiger partial charge on any atom is -0.314 e. The molecule has 100 valence electrons. The average Bonchev–Trinajstić information content (AvgIpc) is 2.31. The first-order valence-corrected chi connectivity index (χ1v) is 5.97. The van der Waals surface area contributed by atoms with Crippen molar-refractivity contribution in [1.82, 2.24) is 5.32 Å². The lowest BCUT2D eigenvalue weighted by molar-refractivity contribution is 0.445. The van der Waals surface area contributed by atoms with Gasteiger partial charge in [0.1, 0.15) is 0 Å². The zero-order valence-corrected chi connectivity index (χ0v) is 10.9. The fourth-order valence-corrected chi connectivity index (χ4v) is 1.60. The summed E-state index contributed by atoms with van der Waals surface area (Å²) >= 11 is 0. The van der Waals surface area contributed by atoms with Crippen LogP contribution < -0.4 is 5.32 Å². The molecule has 0 fully saturated rings. The molecular formula is C14H18F3N. The van der Waals surface area contributed by atoms with Crippen molar-refractivity contribution in [1.29, 1.82) is 0 Å². The largest absolute Gasteiger partial charge is 0.314 e. The van der Waals surface area contributed by atoms with Gasteiger partial charge in [0.25, 0.3) is 0 Å². The zero-order valence-electron chi connectivity index (χ0n) is 10.9. The number of rotatable bonds is 5. The smallest absolute Gasteiger partial charge is 0.195 e. The molecular weight excluding hydrogens is 239 g/mol. The molecule has 1 N–H and O–H groups in total. The fraction of sp³-hybridized carbons (Fsp3) is 0.429. The van der Waals surface area contributed by atoms with Crippen LogP contribution in [0, 0.1) is 17.5 Å². The maximum absolute atomic E-state index is 13.5. The second-order valence-corrected chi connectivity index (χ2v) is 4.51. The van der Waals surface area contributed by atoms with Crippen molar-refractivity contribution in [2.45, 2.75) is 33.2 Å². The molecule has 0 unspecified atom stereocenters. The fourth-order valence-electron chi connectivity index (χ4n) is 1.60. The van der Waals surface area contributed by atoms with Crippen LogP contribution in [-0.4, -0.2) is 12.6 Å². The van der Waals surface area contributed by atoms with E-state index in [1.807, 2.05) is 19.9 Å². The molecule has 0 saturated carbocycles. The van der Waals surface area contributed by atoms with Gasteiger partial charge in [-0.2, -0.15) is 0 Å². The minimum absolute atomic E-state index is 0.110. The van der Waals surface area contributed by atoms with Crippen molar-refractivity contribution in [3.05, 3.63) is 41.2 Å². The predicted molar refractivity (Wildman–Crippen MR) is 67.7 cm³/mol. The van der Waals surface area contributed by atoms with Gasteiger partial charge in [0, 0.05) is 11.6 Å². The maximum atomic E-state index is 13.5. The summed E-state index contributed by atoms with van der Waals surface area (Å²) in [6.45, 7) is 6.52. The highest BCUT2D eigenvalue weighted by Crippen LogP contribution is 2.22. The summed E-state index contributed by atoms with van der Waals surface area (Å²) in [5.41, 5.74) is 0.718. The Bertz CT molecular complexity index is 439.